The Labute approximate surface area is 187 Å². The van der Waals surface area contributed by atoms with Crippen molar-refractivity contribution >= 4 is 5.97 Å². The fraction of sp³-hybridized carbons (Fsp3) is 0.565. The van der Waals surface area contributed by atoms with Crippen LogP contribution in [0.1, 0.15) is 44.3 Å². The molecule has 0 bridgehead atoms. The molecule has 3 aliphatic heterocycles. The maximum Gasteiger partial charge on any atom is 0.335 e. The van der Waals surface area contributed by atoms with Crippen LogP contribution in [-0.4, -0.2) is 80.4 Å². The minimum atomic E-state index is -0.596. The predicted molar refractivity (Wildman–Crippen MR) is 117 cm³/mol. The Hall–Kier alpha value is -2.78. The third kappa shape index (κ3) is 4.02. The SMILES string of the molecule is CC1=C(N2CCC3(CCN(C[C@H](O)c4ccccc4-n4cnnn4)CC3)CC2)COC1=O. The summed E-state index contributed by atoms with van der Waals surface area (Å²) < 4.78 is 6.78. The first kappa shape index (κ1) is 21.1. The van der Waals surface area contributed by atoms with Crippen molar-refractivity contribution in [2.24, 2.45) is 5.41 Å². The summed E-state index contributed by atoms with van der Waals surface area (Å²) in [6.45, 7) is 6.87. The van der Waals surface area contributed by atoms with E-state index in [2.05, 4.69) is 25.3 Å². The number of tetrazole rings is 1. The van der Waals surface area contributed by atoms with Crippen molar-refractivity contribution in [3.63, 3.8) is 0 Å². The second-order valence-corrected chi connectivity index (χ2v) is 9.26. The first-order chi connectivity index (χ1) is 15.5. The number of aliphatic hydroxyl groups excluding tert-OH is 1. The third-order valence-electron chi connectivity index (χ3n) is 7.52. The van der Waals surface area contributed by atoms with Gasteiger partial charge in [0.2, 0.25) is 0 Å². The summed E-state index contributed by atoms with van der Waals surface area (Å²) in [5.41, 5.74) is 3.87. The number of ether oxygens (including phenoxy) is 1. The normalized spacial score (nSPS) is 22.4. The molecule has 170 valence electrons. The van der Waals surface area contributed by atoms with E-state index < -0.39 is 6.10 Å². The molecule has 1 aromatic heterocycles. The molecule has 0 radical (unpaired) electrons. The van der Waals surface area contributed by atoms with E-state index in [0.717, 1.165) is 74.4 Å². The zero-order valence-electron chi connectivity index (χ0n) is 18.5. The van der Waals surface area contributed by atoms with E-state index in [1.807, 2.05) is 31.2 Å². The molecule has 2 saturated heterocycles. The zero-order valence-corrected chi connectivity index (χ0v) is 18.5. The molecule has 4 heterocycles. The molecule has 1 atom stereocenters. The van der Waals surface area contributed by atoms with E-state index in [1.54, 1.807) is 11.0 Å². The lowest BCUT2D eigenvalue weighted by Gasteiger charge is -2.47. The van der Waals surface area contributed by atoms with E-state index in [4.69, 9.17) is 4.74 Å². The van der Waals surface area contributed by atoms with E-state index in [9.17, 15) is 9.90 Å². The first-order valence-electron chi connectivity index (χ1n) is 11.4. The number of hydrogen-bond acceptors (Lipinski definition) is 8. The molecule has 2 aromatic rings. The summed E-state index contributed by atoms with van der Waals surface area (Å²) in [7, 11) is 0. The number of carbonyl (C=O) groups excluding carboxylic acids is 1. The molecular weight excluding hydrogens is 408 g/mol. The number of nitrogens with zero attached hydrogens (tertiary/aromatic N) is 6. The van der Waals surface area contributed by atoms with E-state index >= 15 is 0 Å². The Balaban J connectivity index is 1.17. The van der Waals surface area contributed by atoms with E-state index in [1.165, 1.54) is 0 Å². The van der Waals surface area contributed by atoms with Crippen molar-refractivity contribution in [1.29, 1.82) is 0 Å². The van der Waals surface area contributed by atoms with Gasteiger partial charge in [-0.15, -0.1) is 5.10 Å². The number of likely N-dealkylation sites (tertiary alicyclic amines) is 2. The molecule has 0 amide bonds. The predicted octanol–water partition coefficient (Wildman–Crippen LogP) is 1.70. The molecule has 0 saturated carbocycles. The smallest absolute Gasteiger partial charge is 0.335 e. The fourth-order valence-corrected chi connectivity index (χ4v) is 5.35. The van der Waals surface area contributed by atoms with Crippen LogP contribution in [0.4, 0.5) is 0 Å². The molecular formula is C23H30N6O3. The summed E-state index contributed by atoms with van der Waals surface area (Å²) in [6, 6.07) is 7.73. The number of aromatic nitrogens is 4. The molecule has 5 rings (SSSR count). The van der Waals surface area contributed by atoms with Crippen molar-refractivity contribution in [3.05, 3.63) is 47.4 Å². The Kier molecular flexibility index (Phi) is 5.69. The molecule has 0 unspecified atom stereocenters. The standard InChI is InChI=1S/C23H30N6O3/c1-17-20(15-32-22(17)31)28-12-8-23(9-13-28)6-10-27(11-7-23)14-21(30)18-4-2-3-5-19(18)29-16-24-25-26-29/h2-5,16,21,30H,6-15H2,1H3/t21-/m0/s1. The molecule has 1 aromatic carbocycles. The molecule has 9 nitrogen and oxygen atoms in total. The highest BCUT2D eigenvalue weighted by Gasteiger charge is 2.39. The zero-order chi connectivity index (χ0) is 22.1. The van der Waals surface area contributed by atoms with Gasteiger partial charge in [-0.1, -0.05) is 18.2 Å². The van der Waals surface area contributed by atoms with Crippen molar-refractivity contribution in [2.45, 2.75) is 38.7 Å². The number of piperidine rings is 2. The minimum Gasteiger partial charge on any atom is -0.456 e. The summed E-state index contributed by atoms with van der Waals surface area (Å²) in [5.74, 6) is -0.172. The van der Waals surface area contributed by atoms with Crippen molar-refractivity contribution in [2.75, 3.05) is 39.3 Å². The number of carbonyl (C=O) groups is 1. The first-order valence-corrected chi connectivity index (χ1v) is 11.4. The van der Waals surface area contributed by atoms with Crippen LogP contribution in [0.3, 0.4) is 0 Å². The van der Waals surface area contributed by atoms with Gasteiger partial charge in [-0.05, 0) is 67.6 Å². The summed E-state index contributed by atoms with van der Waals surface area (Å²) in [5, 5.41) is 22.4. The lowest BCUT2D eigenvalue weighted by atomic mass is 9.71. The lowest BCUT2D eigenvalue weighted by Crippen LogP contribution is -2.47. The van der Waals surface area contributed by atoms with Crippen LogP contribution in [0.2, 0.25) is 0 Å². The van der Waals surface area contributed by atoms with Crippen LogP contribution in [0.25, 0.3) is 5.69 Å². The number of β-amino-alcohol motifs (C(OH)–C–C–N with tert-alkyl or cyclic N) is 1. The van der Waals surface area contributed by atoms with Gasteiger partial charge < -0.3 is 19.6 Å². The van der Waals surface area contributed by atoms with Crippen molar-refractivity contribution in [1.82, 2.24) is 30.0 Å². The number of rotatable bonds is 5. The van der Waals surface area contributed by atoms with E-state index in [-0.39, 0.29) is 5.97 Å². The Morgan fingerprint density at radius 2 is 1.84 bits per heavy atom. The molecule has 0 aliphatic carbocycles. The van der Waals surface area contributed by atoms with Crippen LogP contribution in [-0.2, 0) is 9.53 Å². The van der Waals surface area contributed by atoms with Crippen molar-refractivity contribution in [3.8, 4) is 5.69 Å². The topological polar surface area (TPSA) is 96.6 Å². The van der Waals surface area contributed by atoms with Gasteiger partial charge in [-0.25, -0.2) is 9.48 Å². The largest absolute Gasteiger partial charge is 0.456 e. The Morgan fingerprint density at radius 3 is 2.50 bits per heavy atom. The monoisotopic (exact) mass is 438 g/mol. The van der Waals surface area contributed by atoms with Gasteiger partial charge in [0, 0.05) is 25.2 Å². The quantitative estimate of drug-likeness (QED) is 0.705. The van der Waals surface area contributed by atoms with Gasteiger partial charge in [0.05, 0.1) is 23.1 Å². The maximum atomic E-state index is 11.7. The molecule has 1 N–H and O–H groups in total. The third-order valence-corrected chi connectivity index (χ3v) is 7.52. The van der Waals surface area contributed by atoms with Crippen LogP contribution < -0.4 is 0 Å². The Bertz CT molecular complexity index is 987. The van der Waals surface area contributed by atoms with Gasteiger partial charge in [-0.3, -0.25) is 0 Å². The molecule has 1 spiro atoms. The Morgan fingerprint density at radius 1 is 1.12 bits per heavy atom. The highest BCUT2D eigenvalue weighted by atomic mass is 16.5. The summed E-state index contributed by atoms with van der Waals surface area (Å²) >= 11 is 0. The lowest BCUT2D eigenvalue weighted by molar-refractivity contribution is -0.136. The van der Waals surface area contributed by atoms with Crippen molar-refractivity contribution < 1.29 is 14.6 Å². The van der Waals surface area contributed by atoms with E-state index in [0.29, 0.717) is 18.6 Å². The van der Waals surface area contributed by atoms with Gasteiger partial charge in [0.25, 0.3) is 0 Å². The maximum absolute atomic E-state index is 11.7. The average molecular weight is 439 g/mol. The second-order valence-electron chi connectivity index (χ2n) is 9.26. The minimum absolute atomic E-state index is 0.172. The number of benzene rings is 1. The highest BCUT2D eigenvalue weighted by Crippen LogP contribution is 2.42. The number of esters is 1. The average Bonchev–Trinajstić information content (AvgIpc) is 3.47. The summed E-state index contributed by atoms with van der Waals surface area (Å²) in [4.78, 5) is 16.4. The van der Waals surface area contributed by atoms with Crippen LogP contribution in [0.15, 0.2) is 41.9 Å². The fourth-order valence-electron chi connectivity index (χ4n) is 5.35. The van der Waals surface area contributed by atoms with Gasteiger partial charge in [0.15, 0.2) is 0 Å². The molecule has 32 heavy (non-hydrogen) atoms. The second kappa shape index (κ2) is 8.63. The molecule has 9 heteroatoms. The van der Waals surface area contributed by atoms with Gasteiger partial charge in [-0.2, -0.15) is 0 Å². The van der Waals surface area contributed by atoms with Crippen LogP contribution >= 0.6 is 0 Å². The number of para-hydroxylation sites is 1. The molecule has 3 aliphatic rings. The number of aliphatic hydroxyl groups is 1. The van der Waals surface area contributed by atoms with Crippen LogP contribution in [0, 0.1) is 5.41 Å². The number of cyclic esters (lactones) is 1. The summed E-state index contributed by atoms with van der Waals surface area (Å²) in [6.07, 6.45) is 5.55. The van der Waals surface area contributed by atoms with Gasteiger partial charge in [0.1, 0.15) is 12.9 Å². The molecule has 2 fully saturated rings. The van der Waals surface area contributed by atoms with Crippen LogP contribution in [0.5, 0.6) is 0 Å². The van der Waals surface area contributed by atoms with Gasteiger partial charge >= 0.3 is 5.97 Å². The highest BCUT2D eigenvalue weighted by molar-refractivity contribution is 5.90. The number of hydrogen-bond donors (Lipinski definition) is 1.